The fourth-order valence-electron chi connectivity index (χ4n) is 3.17. The van der Waals surface area contributed by atoms with Gasteiger partial charge in [-0.3, -0.25) is 9.59 Å². The van der Waals surface area contributed by atoms with Crippen LogP contribution >= 0.6 is 0 Å². The SMILES string of the molecule is CC(=O)N(CCNC(=O)CCOc1ccccc1)C1CCCCC1. The van der Waals surface area contributed by atoms with Crippen LogP contribution in [0, 0.1) is 0 Å². The molecule has 5 heteroatoms. The summed E-state index contributed by atoms with van der Waals surface area (Å²) in [6.07, 6.45) is 6.13. The molecule has 24 heavy (non-hydrogen) atoms. The Morgan fingerprint density at radius 2 is 1.88 bits per heavy atom. The van der Waals surface area contributed by atoms with Gasteiger partial charge >= 0.3 is 0 Å². The van der Waals surface area contributed by atoms with Gasteiger partial charge in [0.15, 0.2) is 0 Å². The van der Waals surface area contributed by atoms with Crippen LogP contribution in [0.1, 0.15) is 45.4 Å². The molecule has 5 nitrogen and oxygen atoms in total. The van der Waals surface area contributed by atoms with Gasteiger partial charge in [0.1, 0.15) is 5.75 Å². The number of ether oxygens (including phenoxy) is 1. The van der Waals surface area contributed by atoms with Crippen molar-refractivity contribution in [2.45, 2.75) is 51.5 Å². The van der Waals surface area contributed by atoms with E-state index >= 15 is 0 Å². The first kappa shape index (κ1) is 18.3. The quantitative estimate of drug-likeness (QED) is 0.796. The Balaban J connectivity index is 1.64. The molecule has 1 N–H and O–H groups in total. The van der Waals surface area contributed by atoms with Crippen LogP contribution in [-0.2, 0) is 9.59 Å². The van der Waals surface area contributed by atoms with E-state index in [2.05, 4.69) is 5.32 Å². The first-order valence-corrected chi connectivity index (χ1v) is 8.88. The number of para-hydroxylation sites is 1. The van der Waals surface area contributed by atoms with Crippen LogP contribution in [0.5, 0.6) is 5.75 Å². The molecule has 2 rings (SSSR count). The smallest absolute Gasteiger partial charge is 0.223 e. The minimum absolute atomic E-state index is 0.0434. The standard InChI is InChI=1S/C19H28N2O3/c1-16(22)21(17-8-4-2-5-9-17)14-13-20-19(23)12-15-24-18-10-6-3-7-11-18/h3,6-7,10-11,17H,2,4-5,8-9,12-15H2,1H3,(H,20,23). The Bertz CT molecular complexity index is 513. The normalized spacial score (nSPS) is 14.9. The van der Waals surface area contributed by atoms with Gasteiger partial charge < -0.3 is 15.0 Å². The van der Waals surface area contributed by atoms with Crippen LogP contribution in [0.15, 0.2) is 30.3 Å². The molecular formula is C19H28N2O3. The van der Waals surface area contributed by atoms with Gasteiger partial charge in [-0.1, -0.05) is 37.5 Å². The highest BCUT2D eigenvalue weighted by molar-refractivity contribution is 5.76. The molecule has 0 bridgehead atoms. The lowest BCUT2D eigenvalue weighted by molar-refractivity contribution is -0.132. The molecule has 132 valence electrons. The second-order valence-electron chi connectivity index (χ2n) is 6.27. The third-order valence-electron chi connectivity index (χ3n) is 4.44. The van der Waals surface area contributed by atoms with Crippen molar-refractivity contribution in [3.8, 4) is 5.75 Å². The van der Waals surface area contributed by atoms with E-state index in [9.17, 15) is 9.59 Å². The molecule has 0 saturated heterocycles. The molecule has 1 aliphatic carbocycles. The van der Waals surface area contributed by atoms with Gasteiger partial charge in [0.25, 0.3) is 0 Å². The number of nitrogens with zero attached hydrogens (tertiary/aromatic N) is 1. The highest BCUT2D eigenvalue weighted by Crippen LogP contribution is 2.22. The maximum atomic E-state index is 11.9. The molecule has 2 amide bonds. The summed E-state index contributed by atoms with van der Waals surface area (Å²) in [4.78, 5) is 25.6. The van der Waals surface area contributed by atoms with Crippen molar-refractivity contribution >= 4 is 11.8 Å². The number of hydrogen-bond acceptors (Lipinski definition) is 3. The summed E-state index contributed by atoms with van der Waals surface area (Å²) in [6.45, 7) is 3.06. The van der Waals surface area contributed by atoms with E-state index in [0.29, 0.717) is 32.2 Å². The third-order valence-corrected chi connectivity index (χ3v) is 4.44. The highest BCUT2D eigenvalue weighted by atomic mass is 16.5. The average molecular weight is 332 g/mol. The van der Waals surface area contributed by atoms with Gasteiger partial charge in [-0.15, -0.1) is 0 Å². The molecule has 1 aromatic rings. The second-order valence-corrected chi connectivity index (χ2v) is 6.27. The van der Waals surface area contributed by atoms with E-state index in [1.165, 1.54) is 19.3 Å². The van der Waals surface area contributed by atoms with Crippen molar-refractivity contribution in [1.29, 1.82) is 0 Å². The van der Waals surface area contributed by atoms with Crippen LogP contribution in [0.3, 0.4) is 0 Å². The summed E-state index contributed by atoms with van der Waals surface area (Å²) in [5.41, 5.74) is 0. The number of nitrogens with one attached hydrogen (secondary N) is 1. The van der Waals surface area contributed by atoms with Crippen LogP contribution in [-0.4, -0.2) is 42.5 Å². The topological polar surface area (TPSA) is 58.6 Å². The maximum absolute atomic E-state index is 11.9. The van der Waals surface area contributed by atoms with E-state index < -0.39 is 0 Å². The van der Waals surface area contributed by atoms with Gasteiger partial charge in [-0.25, -0.2) is 0 Å². The molecular weight excluding hydrogens is 304 g/mol. The monoisotopic (exact) mass is 332 g/mol. The fourth-order valence-corrected chi connectivity index (χ4v) is 3.17. The Hall–Kier alpha value is -2.04. The van der Waals surface area contributed by atoms with Crippen molar-refractivity contribution in [2.24, 2.45) is 0 Å². The number of benzene rings is 1. The zero-order valence-electron chi connectivity index (χ0n) is 14.5. The summed E-state index contributed by atoms with van der Waals surface area (Å²) >= 11 is 0. The summed E-state index contributed by atoms with van der Waals surface area (Å²) in [7, 11) is 0. The summed E-state index contributed by atoms with van der Waals surface area (Å²) in [5.74, 6) is 0.826. The van der Waals surface area contributed by atoms with Crippen molar-refractivity contribution in [2.75, 3.05) is 19.7 Å². The predicted molar refractivity (Wildman–Crippen MR) is 93.8 cm³/mol. The molecule has 1 aromatic carbocycles. The van der Waals surface area contributed by atoms with Crippen molar-refractivity contribution in [3.05, 3.63) is 30.3 Å². The molecule has 0 atom stereocenters. The minimum Gasteiger partial charge on any atom is -0.493 e. The molecule has 0 aromatic heterocycles. The van der Waals surface area contributed by atoms with Gasteiger partial charge in [-0.2, -0.15) is 0 Å². The summed E-state index contributed by atoms with van der Waals surface area (Å²) in [6, 6.07) is 9.80. The van der Waals surface area contributed by atoms with Crippen molar-refractivity contribution < 1.29 is 14.3 Å². The van der Waals surface area contributed by atoms with Crippen molar-refractivity contribution in [3.63, 3.8) is 0 Å². The summed E-state index contributed by atoms with van der Waals surface area (Å²) in [5, 5.41) is 2.88. The molecule has 0 spiro atoms. The predicted octanol–water partition coefficient (Wildman–Crippen LogP) is 2.75. The van der Waals surface area contributed by atoms with Crippen LogP contribution in [0.2, 0.25) is 0 Å². The first-order chi connectivity index (χ1) is 11.7. The van der Waals surface area contributed by atoms with Crippen molar-refractivity contribution in [1.82, 2.24) is 10.2 Å². The number of amides is 2. The van der Waals surface area contributed by atoms with E-state index in [1.54, 1.807) is 6.92 Å². The molecule has 1 saturated carbocycles. The zero-order chi connectivity index (χ0) is 17.2. The van der Waals surface area contributed by atoms with Gasteiger partial charge in [0, 0.05) is 26.1 Å². The van der Waals surface area contributed by atoms with Crippen LogP contribution in [0.25, 0.3) is 0 Å². The molecule has 0 radical (unpaired) electrons. The highest BCUT2D eigenvalue weighted by Gasteiger charge is 2.22. The first-order valence-electron chi connectivity index (χ1n) is 8.88. The van der Waals surface area contributed by atoms with Crippen LogP contribution in [0.4, 0.5) is 0 Å². The lowest BCUT2D eigenvalue weighted by atomic mass is 9.94. The average Bonchev–Trinajstić information content (AvgIpc) is 2.60. The van der Waals surface area contributed by atoms with E-state index in [-0.39, 0.29) is 11.8 Å². The Morgan fingerprint density at radius 3 is 2.54 bits per heavy atom. The largest absolute Gasteiger partial charge is 0.493 e. The van der Waals surface area contributed by atoms with Gasteiger partial charge in [0.05, 0.1) is 13.0 Å². The van der Waals surface area contributed by atoms with E-state index in [1.807, 2.05) is 35.2 Å². The zero-order valence-corrected chi connectivity index (χ0v) is 14.5. The van der Waals surface area contributed by atoms with Crippen LogP contribution < -0.4 is 10.1 Å². The minimum atomic E-state index is -0.0434. The second kappa shape index (κ2) is 9.96. The Kier molecular flexibility index (Phi) is 7.59. The molecule has 0 unspecified atom stereocenters. The molecule has 1 aliphatic rings. The van der Waals surface area contributed by atoms with Gasteiger partial charge in [-0.05, 0) is 25.0 Å². The molecule has 1 fully saturated rings. The molecule has 0 heterocycles. The number of hydrogen-bond donors (Lipinski definition) is 1. The number of carbonyl (C=O) groups is 2. The summed E-state index contributed by atoms with van der Waals surface area (Å²) < 4.78 is 5.51. The third kappa shape index (κ3) is 6.22. The van der Waals surface area contributed by atoms with Gasteiger partial charge in [0.2, 0.25) is 11.8 Å². The number of carbonyl (C=O) groups excluding carboxylic acids is 2. The lowest BCUT2D eigenvalue weighted by Crippen LogP contribution is -2.44. The molecule has 0 aliphatic heterocycles. The lowest BCUT2D eigenvalue weighted by Gasteiger charge is -2.33. The number of rotatable bonds is 8. The van der Waals surface area contributed by atoms with E-state index in [0.717, 1.165) is 18.6 Å². The fraction of sp³-hybridized carbons (Fsp3) is 0.579. The Labute approximate surface area is 144 Å². The maximum Gasteiger partial charge on any atom is 0.223 e. The van der Waals surface area contributed by atoms with E-state index in [4.69, 9.17) is 4.74 Å². The Morgan fingerprint density at radius 1 is 1.17 bits per heavy atom.